The van der Waals surface area contributed by atoms with Crippen LogP contribution >= 0.6 is 0 Å². The summed E-state index contributed by atoms with van der Waals surface area (Å²) < 4.78 is 0. The van der Waals surface area contributed by atoms with Gasteiger partial charge in [-0.3, -0.25) is 9.69 Å². The van der Waals surface area contributed by atoms with Crippen LogP contribution in [0.1, 0.15) is 12.8 Å². The Bertz CT molecular complexity index is 177. The molecule has 0 amide bonds. The summed E-state index contributed by atoms with van der Waals surface area (Å²) in [5.41, 5.74) is 0. The summed E-state index contributed by atoms with van der Waals surface area (Å²) in [7, 11) is 1.96. The van der Waals surface area contributed by atoms with Gasteiger partial charge in [-0.05, 0) is 13.5 Å². The van der Waals surface area contributed by atoms with Crippen molar-refractivity contribution in [2.24, 2.45) is 0 Å². The summed E-state index contributed by atoms with van der Waals surface area (Å²) in [5.74, 6) is -0.711. The quantitative estimate of drug-likeness (QED) is 0.597. The molecule has 0 saturated carbocycles. The number of rotatable bonds is 2. The third-order valence-electron chi connectivity index (χ3n) is 2.00. The molecule has 0 fully saturated rings. The van der Waals surface area contributed by atoms with Crippen LogP contribution in [0.5, 0.6) is 0 Å². The minimum Gasteiger partial charge on any atom is -0.481 e. The van der Waals surface area contributed by atoms with Crippen LogP contribution in [-0.4, -0.2) is 35.6 Å². The Labute approximate surface area is 66.3 Å². The maximum Gasteiger partial charge on any atom is 0.304 e. The predicted octanol–water partition coefficient (Wildman–Crippen LogP) is 0.721. The van der Waals surface area contributed by atoms with Crippen molar-refractivity contribution < 1.29 is 9.90 Å². The van der Waals surface area contributed by atoms with Gasteiger partial charge in [0, 0.05) is 12.6 Å². The minimum absolute atomic E-state index is 0.192. The van der Waals surface area contributed by atoms with Crippen LogP contribution in [0, 0.1) is 0 Å². The van der Waals surface area contributed by atoms with Crippen LogP contribution in [0.15, 0.2) is 12.2 Å². The van der Waals surface area contributed by atoms with Crippen LogP contribution in [0.25, 0.3) is 0 Å². The highest BCUT2D eigenvalue weighted by Gasteiger charge is 2.17. The van der Waals surface area contributed by atoms with Gasteiger partial charge in [0.2, 0.25) is 0 Å². The molecule has 1 aliphatic rings. The molecule has 1 heterocycles. The van der Waals surface area contributed by atoms with Gasteiger partial charge in [-0.25, -0.2) is 0 Å². The van der Waals surface area contributed by atoms with Crippen molar-refractivity contribution in [1.29, 1.82) is 0 Å². The molecule has 0 aromatic rings. The van der Waals surface area contributed by atoms with Gasteiger partial charge < -0.3 is 5.11 Å². The Morgan fingerprint density at radius 3 is 3.00 bits per heavy atom. The number of carbonyl (C=O) groups is 1. The lowest BCUT2D eigenvalue weighted by Gasteiger charge is -2.27. The van der Waals surface area contributed by atoms with E-state index in [0.717, 1.165) is 13.0 Å². The molecule has 3 nitrogen and oxygen atoms in total. The lowest BCUT2D eigenvalue weighted by Crippen LogP contribution is -2.35. The smallest absolute Gasteiger partial charge is 0.304 e. The van der Waals surface area contributed by atoms with Crippen LogP contribution in [-0.2, 0) is 4.79 Å². The molecule has 0 bridgehead atoms. The Morgan fingerprint density at radius 2 is 2.45 bits per heavy atom. The van der Waals surface area contributed by atoms with E-state index in [1.54, 1.807) is 0 Å². The molecule has 0 spiro atoms. The summed E-state index contributed by atoms with van der Waals surface area (Å²) in [6.45, 7) is 0.873. The SMILES string of the molecule is CN1CC=CCC1CC(=O)O. The number of likely N-dealkylation sites (N-methyl/N-ethyl adjacent to an activating group) is 1. The van der Waals surface area contributed by atoms with E-state index in [9.17, 15) is 4.79 Å². The molecule has 11 heavy (non-hydrogen) atoms. The summed E-state index contributed by atoms with van der Waals surface area (Å²) in [4.78, 5) is 12.4. The first kappa shape index (κ1) is 8.27. The van der Waals surface area contributed by atoms with E-state index in [0.29, 0.717) is 0 Å². The number of hydrogen-bond acceptors (Lipinski definition) is 2. The van der Waals surface area contributed by atoms with Gasteiger partial charge in [0.1, 0.15) is 0 Å². The number of aliphatic carboxylic acids is 1. The average Bonchev–Trinajstić information content (AvgIpc) is 1.93. The molecule has 1 atom stereocenters. The second kappa shape index (κ2) is 3.53. The van der Waals surface area contributed by atoms with E-state index < -0.39 is 5.97 Å². The molecule has 0 aromatic heterocycles. The number of carboxylic acids is 1. The van der Waals surface area contributed by atoms with Gasteiger partial charge in [0.25, 0.3) is 0 Å². The zero-order valence-electron chi connectivity index (χ0n) is 6.66. The predicted molar refractivity (Wildman–Crippen MR) is 42.4 cm³/mol. The van der Waals surface area contributed by atoms with Crippen molar-refractivity contribution in [2.75, 3.05) is 13.6 Å². The molecule has 1 rings (SSSR count). The number of carboxylic acid groups (broad SMARTS) is 1. The van der Waals surface area contributed by atoms with Crippen LogP contribution in [0.3, 0.4) is 0 Å². The largest absolute Gasteiger partial charge is 0.481 e. The molecule has 3 heteroatoms. The molecule has 1 unspecified atom stereocenters. The lowest BCUT2D eigenvalue weighted by molar-refractivity contribution is -0.138. The van der Waals surface area contributed by atoms with E-state index >= 15 is 0 Å². The van der Waals surface area contributed by atoms with Crippen LogP contribution < -0.4 is 0 Å². The zero-order chi connectivity index (χ0) is 8.27. The Hall–Kier alpha value is -0.830. The molecule has 1 N–H and O–H groups in total. The number of nitrogens with zero attached hydrogens (tertiary/aromatic N) is 1. The van der Waals surface area contributed by atoms with Crippen molar-refractivity contribution in [3.05, 3.63) is 12.2 Å². The molecule has 0 aromatic carbocycles. The lowest BCUT2D eigenvalue weighted by atomic mass is 10.1. The molecular formula is C8H13NO2. The summed E-state index contributed by atoms with van der Waals surface area (Å²) in [5, 5.41) is 8.53. The number of hydrogen-bond donors (Lipinski definition) is 1. The van der Waals surface area contributed by atoms with Crippen molar-refractivity contribution in [1.82, 2.24) is 4.90 Å². The molecule has 0 radical (unpaired) electrons. The third kappa shape index (κ3) is 2.35. The fraction of sp³-hybridized carbons (Fsp3) is 0.625. The maximum atomic E-state index is 10.4. The van der Waals surface area contributed by atoms with E-state index in [2.05, 4.69) is 11.0 Å². The van der Waals surface area contributed by atoms with Gasteiger partial charge in [0.05, 0.1) is 6.42 Å². The van der Waals surface area contributed by atoms with Crippen LogP contribution in [0.2, 0.25) is 0 Å². The van der Waals surface area contributed by atoms with Crippen molar-refractivity contribution in [2.45, 2.75) is 18.9 Å². The Balaban J connectivity index is 2.44. The van der Waals surface area contributed by atoms with E-state index in [1.165, 1.54) is 0 Å². The summed E-state index contributed by atoms with van der Waals surface area (Å²) in [6.07, 6.45) is 5.23. The molecule has 0 saturated heterocycles. The second-order valence-corrected chi connectivity index (χ2v) is 2.90. The van der Waals surface area contributed by atoms with E-state index in [-0.39, 0.29) is 12.5 Å². The van der Waals surface area contributed by atoms with Gasteiger partial charge in [-0.15, -0.1) is 0 Å². The van der Waals surface area contributed by atoms with E-state index in [4.69, 9.17) is 5.11 Å². The highest BCUT2D eigenvalue weighted by Crippen LogP contribution is 2.11. The van der Waals surface area contributed by atoms with Crippen molar-refractivity contribution in [3.63, 3.8) is 0 Å². The maximum absolute atomic E-state index is 10.4. The Kier molecular flexibility index (Phi) is 2.65. The first-order valence-electron chi connectivity index (χ1n) is 3.77. The summed E-state index contributed by atoms with van der Waals surface area (Å²) in [6, 6.07) is 0.192. The first-order chi connectivity index (χ1) is 5.20. The normalized spacial score (nSPS) is 25.4. The highest BCUT2D eigenvalue weighted by molar-refractivity contribution is 5.67. The second-order valence-electron chi connectivity index (χ2n) is 2.90. The first-order valence-corrected chi connectivity index (χ1v) is 3.77. The van der Waals surface area contributed by atoms with Gasteiger partial charge in [-0.1, -0.05) is 12.2 Å². The van der Waals surface area contributed by atoms with Crippen molar-refractivity contribution >= 4 is 5.97 Å². The zero-order valence-corrected chi connectivity index (χ0v) is 6.66. The van der Waals surface area contributed by atoms with Crippen molar-refractivity contribution in [3.8, 4) is 0 Å². The monoisotopic (exact) mass is 155 g/mol. The highest BCUT2D eigenvalue weighted by atomic mass is 16.4. The fourth-order valence-electron chi connectivity index (χ4n) is 1.26. The fourth-order valence-corrected chi connectivity index (χ4v) is 1.26. The van der Waals surface area contributed by atoms with Gasteiger partial charge in [-0.2, -0.15) is 0 Å². The topological polar surface area (TPSA) is 40.5 Å². The van der Waals surface area contributed by atoms with Gasteiger partial charge >= 0.3 is 5.97 Å². The molecular weight excluding hydrogens is 142 g/mol. The third-order valence-corrected chi connectivity index (χ3v) is 2.00. The minimum atomic E-state index is -0.711. The standard InChI is InChI=1S/C8H13NO2/c1-9-5-3-2-4-7(9)6-8(10)11/h2-3,7H,4-6H2,1H3,(H,10,11). The van der Waals surface area contributed by atoms with Gasteiger partial charge in [0.15, 0.2) is 0 Å². The van der Waals surface area contributed by atoms with Crippen LogP contribution in [0.4, 0.5) is 0 Å². The summed E-state index contributed by atoms with van der Waals surface area (Å²) >= 11 is 0. The molecule has 0 aliphatic carbocycles. The molecule has 62 valence electrons. The Morgan fingerprint density at radius 1 is 1.73 bits per heavy atom. The average molecular weight is 155 g/mol. The van der Waals surface area contributed by atoms with E-state index in [1.807, 2.05) is 13.1 Å². The molecule has 1 aliphatic heterocycles.